The quantitative estimate of drug-likeness (QED) is 0.631. The molecule has 17 heavy (non-hydrogen) atoms. The summed E-state index contributed by atoms with van der Waals surface area (Å²) in [5.74, 6) is 0.289. The molecule has 0 radical (unpaired) electrons. The van der Waals surface area contributed by atoms with E-state index in [1.54, 1.807) is 6.08 Å². The average Bonchev–Trinajstić information content (AvgIpc) is 3.10. The lowest BCUT2D eigenvalue weighted by Gasteiger charge is -2.14. The van der Waals surface area contributed by atoms with E-state index in [1.807, 2.05) is 6.07 Å². The largest absolute Gasteiger partial charge is 0.506 e. The molecule has 1 aliphatic rings. The highest BCUT2D eigenvalue weighted by molar-refractivity contribution is 5.56. The van der Waals surface area contributed by atoms with Gasteiger partial charge in [-0.1, -0.05) is 0 Å². The normalized spacial score (nSPS) is 15.5. The Kier molecular flexibility index (Phi) is 2.58. The molecule has 0 aromatic heterocycles. The third kappa shape index (κ3) is 1.75. The second-order valence-corrected chi connectivity index (χ2v) is 3.92. The molecule has 0 saturated heterocycles. The number of phenols is 1. The van der Waals surface area contributed by atoms with Crippen molar-refractivity contribution in [2.45, 2.75) is 18.4 Å². The van der Waals surface area contributed by atoms with Crippen molar-refractivity contribution in [3.05, 3.63) is 23.3 Å². The molecule has 1 N–H and O–H groups in total. The third-order valence-corrected chi connectivity index (χ3v) is 2.92. The Labute approximate surface area is 98.0 Å². The van der Waals surface area contributed by atoms with Gasteiger partial charge in [-0.3, -0.25) is 0 Å². The van der Waals surface area contributed by atoms with Gasteiger partial charge in [-0.05, 0) is 18.9 Å². The zero-order valence-corrected chi connectivity index (χ0v) is 9.23. The average molecular weight is 230 g/mol. The highest BCUT2D eigenvalue weighted by Crippen LogP contribution is 2.53. The van der Waals surface area contributed by atoms with Crippen molar-refractivity contribution >= 4 is 6.08 Å². The van der Waals surface area contributed by atoms with Gasteiger partial charge in [0.15, 0.2) is 0 Å². The van der Waals surface area contributed by atoms with Gasteiger partial charge in [0.1, 0.15) is 23.1 Å². The minimum Gasteiger partial charge on any atom is -0.506 e. The van der Waals surface area contributed by atoms with Gasteiger partial charge in [-0.15, -0.1) is 0 Å². The van der Waals surface area contributed by atoms with Crippen LogP contribution in [0.2, 0.25) is 0 Å². The van der Waals surface area contributed by atoms with Crippen molar-refractivity contribution in [1.29, 1.82) is 5.26 Å². The smallest absolute Gasteiger partial charge is 0.235 e. The van der Waals surface area contributed by atoms with Gasteiger partial charge in [0.25, 0.3) is 0 Å². The summed E-state index contributed by atoms with van der Waals surface area (Å²) in [6, 6.07) is 4.77. The molecule has 86 valence electrons. The van der Waals surface area contributed by atoms with Gasteiger partial charge in [0, 0.05) is 11.6 Å². The number of aromatic hydroxyl groups is 1. The van der Waals surface area contributed by atoms with Crippen molar-refractivity contribution in [3.63, 3.8) is 0 Å². The van der Waals surface area contributed by atoms with Crippen molar-refractivity contribution in [1.82, 2.24) is 0 Å². The lowest BCUT2D eigenvalue weighted by atomic mass is 10.0. The van der Waals surface area contributed by atoms with Gasteiger partial charge in [-0.25, -0.2) is 4.79 Å². The molecule has 0 unspecified atom stereocenters. The van der Waals surface area contributed by atoms with Crippen molar-refractivity contribution < 1.29 is 14.6 Å². The summed E-state index contributed by atoms with van der Waals surface area (Å²) in [4.78, 5) is 14.2. The van der Waals surface area contributed by atoms with Gasteiger partial charge >= 0.3 is 0 Å². The first-order valence-electron chi connectivity index (χ1n) is 5.07. The molecule has 0 atom stereocenters. The van der Waals surface area contributed by atoms with E-state index in [-0.39, 0.29) is 11.3 Å². The number of methoxy groups -OCH3 is 1. The number of isocyanates is 1. The Morgan fingerprint density at radius 1 is 1.53 bits per heavy atom. The molecule has 0 spiro atoms. The maximum atomic E-state index is 10.4. The summed E-state index contributed by atoms with van der Waals surface area (Å²) in [5, 5.41) is 18.4. The number of hydrogen-bond acceptors (Lipinski definition) is 5. The molecule has 1 aromatic carbocycles. The Morgan fingerprint density at radius 2 is 2.24 bits per heavy atom. The SMILES string of the molecule is COc1cc(O)c(C#N)cc1C1(N=C=O)CC1. The summed E-state index contributed by atoms with van der Waals surface area (Å²) in [6.07, 6.45) is 2.98. The number of hydrogen-bond donors (Lipinski definition) is 1. The summed E-state index contributed by atoms with van der Waals surface area (Å²) in [6.45, 7) is 0. The number of nitriles is 1. The molecule has 0 aliphatic heterocycles. The number of nitrogens with zero attached hydrogens (tertiary/aromatic N) is 2. The fourth-order valence-electron chi connectivity index (χ4n) is 1.84. The van der Waals surface area contributed by atoms with Gasteiger partial charge in [0.2, 0.25) is 6.08 Å². The topological polar surface area (TPSA) is 82.7 Å². The first kappa shape index (κ1) is 11.2. The van der Waals surface area contributed by atoms with Crippen LogP contribution in [0.15, 0.2) is 17.1 Å². The highest BCUT2D eigenvalue weighted by atomic mass is 16.5. The van der Waals surface area contributed by atoms with Gasteiger partial charge < -0.3 is 9.84 Å². The Bertz CT molecular complexity index is 550. The zero-order chi connectivity index (χ0) is 12.5. The van der Waals surface area contributed by atoms with E-state index in [2.05, 4.69) is 4.99 Å². The summed E-state index contributed by atoms with van der Waals surface area (Å²) in [7, 11) is 1.46. The van der Waals surface area contributed by atoms with Crippen LogP contribution < -0.4 is 4.74 Å². The molecule has 0 amide bonds. The second kappa shape index (κ2) is 3.93. The summed E-state index contributed by atoms with van der Waals surface area (Å²) in [5.41, 5.74) is 0.178. The first-order chi connectivity index (χ1) is 8.16. The molecular weight excluding hydrogens is 220 g/mol. The molecule has 1 aliphatic carbocycles. The predicted octanol–water partition coefficient (Wildman–Crippen LogP) is 1.60. The van der Waals surface area contributed by atoms with Crippen molar-refractivity contribution in [2.75, 3.05) is 7.11 Å². The number of rotatable bonds is 3. The van der Waals surface area contributed by atoms with Crippen LogP contribution in [0, 0.1) is 11.3 Å². The van der Waals surface area contributed by atoms with E-state index >= 15 is 0 Å². The number of phenolic OH excluding ortho intramolecular Hbond substituents is 1. The van der Waals surface area contributed by atoms with Gasteiger partial charge in [0.05, 0.1) is 12.7 Å². The standard InChI is InChI=1S/C12H10N2O3/c1-17-11-5-10(16)8(6-13)4-9(11)12(2-3-12)14-7-15/h4-5,16H,2-3H2,1H3. The lowest BCUT2D eigenvalue weighted by molar-refractivity contribution is 0.397. The fraction of sp³-hybridized carbons (Fsp3) is 0.333. The van der Waals surface area contributed by atoms with Crippen LogP contribution in [-0.4, -0.2) is 18.3 Å². The Morgan fingerprint density at radius 3 is 2.71 bits per heavy atom. The molecule has 1 fully saturated rings. The molecule has 1 saturated carbocycles. The van der Waals surface area contributed by atoms with E-state index in [9.17, 15) is 9.90 Å². The molecule has 0 heterocycles. The number of aliphatic imine (C=N–C) groups is 1. The van der Waals surface area contributed by atoms with Crippen LogP contribution in [0.4, 0.5) is 0 Å². The van der Waals surface area contributed by atoms with Crippen LogP contribution in [0.3, 0.4) is 0 Å². The van der Waals surface area contributed by atoms with Crippen molar-refractivity contribution in [3.8, 4) is 17.6 Å². The summed E-state index contributed by atoms with van der Waals surface area (Å²) >= 11 is 0. The monoisotopic (exact) mass is 230 g/mol. The summed E-state index contributed by atoms with van der Waals surface area (Å²) < 4.78 is 5.14. The number of carbonyl (C=O) groups excluding carboxylic acids is 1. The molecule has 0 bridgehead atoms. The highest BCUT2D eigenvalue weighted by Gasteiger charge is 2.47. The van der Waals surface area contributed by atoms with E-state index in [0.29, 0.717) is 24.2 Å². The maximum absolute atomic E-state index is 10.4. The second-order valence-electron chi connectivity index (χ2n) is 3.92. The molecule has 2 rings (SSSR count). The number of benzene rings is 1. The van der Waals surface area contributed by atoms with Crippen LogP contribution in [0.1, 0.15) is 24.0 Å². The first-order valence-corrected chi connectivity index (χ1v) is 5.07. The van der Waals surface area contributed by atoms with Crippen LogP contribution in [-0.2, 0) is 10.3 Å². The molecule has 5 heteroatoms. The van der Waals surface area contributed by atoms with Crippen LogP contribution >= 0.6 is 0 Å². The van der Waals surface area contributed by atoms with Crippen LogP contribution in [0.5, 0.6) is 11.5 Å². The van der Waals surface area contributed by atoms with Gasteiger partial charge in [-0.2, -0.15) is 10.3 Å². The van der Waals surface area contributed by atoms with E-state index in [4.69, 9.17) is 10.00 Å². The molecular formula is C12H10N2O3. The fourth-order valence-corrected chi connectivity index (χ4v) is 1.84. The van der Waals surface area contributed by atoms with Crippen molar-refractivity contribution in [2.24, 2.45) is 4.99 Å². The Hall–Kier alpha value is -2.31. The minimum atomic E-state index is -0.619. The van der Waals surface area contributed by atoms with E-state index in [1.165, 1.54) is 19.2 Å². The third-order valence-electron chi connectivity index (χ3n) is 2.92. The minimum absolute atomic E-state index is 0.140. The molecule has 5 nitrogen and oxygen atoms in total. The van der Waals surface area contributed by atoms with E-state index < -0.39 is 5.54 Å². The van der Waals surface area contributed by atoms with Crippen LogP contribution in [0.25, 0.3) is 0 Å². The zero-order valence-electron chi connectivity index (χ0n) is 9.23. The number of ether oxygens (including phenoxy) is 1. The molecule has 1 aromatic rings. The predicted molar refractivity (Wildman–Crippen MR) is 58.4 cm³/mol. The van der Waals surface area contributed by atoms with E-state index in [0.717, 1.165) is 0 Å². The lowest BCUT2D eigenvalue weighted by Crippen LogP contribution is -2.05. The Balaban J connectivity index is 2.61. The maximum Gasteiger partial charge on any atom is 0.235 e.